The fraction of sp³-hybridized carbons (Fsp3) is 0.667. The van der Waals surface area contributed by atoms with Gasteiger partial charge in [-0.15, -0.1) is 0 Å². The molecule has 1 aromatic carbocycles. The molecule has 1 aromatic rings. The predicted molar refractivity (Wildman–Crippen MR) is 122 cm³/mol. The molecule has 0 aromatic heterocycles. The third kappa shape index (κ3) is 6.37. The predicted octanol–water partition coefficient (Wildman–Crippen LogP) is 2.29. The largest absolute Gasteiger partial charge is 0.497 e. The van der Waals surface area contributed by atoms with Crippen molar-refractivity contribution in [1.82, 2.24) is 10.2 Å². The van der Waals surface area contributed by atoms with Gasteiger partial charge in [0.2, 0.25) is 5.91 Å². The minimum Gasteiger partial charge on any atom is -0.497 e. The molecule has 0 unspecified atom stereocenters. The van der Waals surface area contributed by atoms with E-state index in [0.717, 1.165) is 12.8 Å². The zero-order valence-corrected chi connectivity index (χ0v) is 19.2. The van der Waals surface area contributed by atoms with E-state index in [2.05, 4.69) is 10.6 Å². The van der Waals surface area contributed by atoms with Gasteiger partial charge in [0.25, 0.3) is 0 Å². The van der Waals surface area contributed by atoms with Gasteiger partial charge < -0.3 is 34.9 Å². The van der Waals surface area contributed by atoms with Crippen LogP contribution in [0.2, 0.25) is 0 Å². The number of nitrogens with zero attached hydrogens (tertiary/aromatic N) is 1. The van der Waals surface area contributed by atoms with E-state index in [1.807, 2.05) is 0 Å². The first-order valence-electron chi connectivity index (χ1n) is 11.9. The Hall–Kier alpha value is -2.36. The number of β-amino-alcohol motifs (C(OH)–C–C–N with tert-alkyl or cyclic N) is 1. The van der Waals surface area contributed by atoms with Gasteiger partial charge in [-0.05, 0) is 37.8 Å². The Balaban J connectivity index is 1.39. The van der Waals surface area contributed by atoms with Crippen LogP contribution in [0.1, 0.15) is 44.9 Å². The number of aliphatic hydroxyl groups is 1. The molecule has 33 heavy (non-hydrogen) atoms. The van der Waals surface area contributed by atoms with Crippen molar-refractivity contribution < 1.29 is 28.9 Å². The van der Waals surface area contributed by atoms with Gasteiger partial charge in [-0.2, -0.15) is 0 Å². The summed E-state index contributed by atoms with van der Waals surface area (Å²) in [7, 11) is 1.57. The Bertz CT molecular complexity index is 815. The summed E-state index contributed by atoms with van der Waals surface area (Å²) in [6.45, 7) is 0.543. The van der Waals surface area contributed by atoms with Crippen molar-refractivity contribution in [3.63, 3.8) is 0 Å². The fourth-order valence-electron chi connectivity index (χ4n) is 5.03. The number of nitrogens with one attached hydrogen (secondary N) is 2. The summed E-state index contributed by atoms with van der Waals surface area (Å²) in [6, 6.07) is 6.88. The minimum atomic E-state index is -0.781. The van der Waals surface area contributed by atoms with Gasteiger partial charge in [0, 0.05) is 17.8 Å². The zero-order chi connectivity index (χ0) is 23.2. The first kappa shape index (κ1) is 23.8. The molecule has 2 heterocycles. The van der Waals surface area contributed by atoms with E-state index < -0.39 is 6.10 Å². The number of hydrogen-bond donors (Lipinski definition) is 3. The summed E-state index contributed by atoms with van der Waals surface area (Å²) in [6.07, 6.45) is 4.76. The van der Waals surface area contributed by atoms with Gasteiger partial charge >= 0.3 is 6.03 Å². The first-order valence-corrected chi connectivity index (χ1v) is 11.9. The smallest absolute Gasteiger partial charge is 0.322 e. The van der Waals surface area contributed by atoms with Crippen LogP contribution in [-0.2, 0) is 14.3 Å². The SMILES string of the molecule is COc1cccc(NC(=O)N2C[C@@H](O)COC[C@H]3O[C@H](CC(=O)NC4CCCC4)CC[C@@H]32)c1. The van der Waals surface area contributed by atoms with E-state index in [-0.39, 0.29) is 56.0 Å². The molecule has 0 radical (unpaired) electrons. The number of carbonyl (C=O) groups excluding carboxylic acids is 2. The summed E-state index contributed by atoms with van der Waals surface area (Å²) in [5, 5.41) is 16.3. The molecule has 0 bridgehead atoms. The molecule has 3 aliphatic rings. The quantitative estimate of drug-likeness (QED) is 0.621. The molecule has 1 aliphatic carbocycles. The number of methoxy groups -OCH3 is 1. The maximum absolute atomic E-state index is 13.2. The topological polar surface area (TPSA) is 109 Å². The van der Waals surface area contributed by atoms with Crippen LogP contribution in [0.4, 0.5) is 10.5 Å². The van der Waals surface area contributed by atoms with Crippen LogP contribution < -0.4 is 15.4 Å². The van der Waals surface area contributed by atoms with Crippen LogP contribution in [0, 0.1) is 0 Å². The van der Waals surface area contributed by atoms with Crippen LogP contribution in [0.15, 0.2) is 24.3 Å². The maximum Gasteiger partial charge on any atom is 0.322 e. The number of hydrogen-bond acceptors (Lipinski definition) is 6. The second-order valence-corrected chi connectivity index (χ2v) is 9.20. The summed E-state index contributed by atoms with van der Waals surface area (Å²) < 4.78 is 17.1. The monoisotopic (exact) mass is 461 g/mol. The second-order valence-electron chi connectivity index (χ2n) is 9.20. The third-order valence-corrected chi connectivity index (χ3v) is 6.70. The van der Waals surface area contributed by atoms with E-state index >= 15 is 0 Å². The molecule has 9 nitrogen and oxygen atoms in total. The molecule has 3 fully saturated rings. The number of aliphatic hydroxyl groups excluding tert-OH is 1. The van der Waals surface area contributed by atoms with Gasteiger partial charge in [0.05, 0.1) is 51.5 Å². The summed E-state index contributed by atoms with van der Waals surface area (Å²) in [5.41, 5.74) is 0.613. The highest BCUT2D eigenvalue weighted by molar-refractivity contribution is 5.89. The Labute approximate surface area is 194 Å². The molecule has 3 N–H and O–H groups in total. The Morgan fingerprint density at radius 3 is 2.79 bits per heavy atom. The molecule has 182 valence electrons. The van der Waals surface area contributed by atoms with E-state index in [0.29, 0.717) is 30.7 Å². The Morgan fingerprint density at radius 2 is 2.00 bits per heavy atom. The number of benzene rings is 1. The third-order valence-electron chi connectivity index (χ3n) is 6.70. The van der Waals surface area contributed by atoms with Crippen molar-refractivity contribution in [3.05, 3.63) is 24.3 Å². The lowest BCUT2D eigenvalue weighted by Crippen LogP contribution is -2.58. The lowest BCUT2D eigenvalue weighted by Gasteiger charge is -2.44. The Morgan fingerprint density at radius 1 is 1.18 bits per heavy atom. The number of anilines is 1. The van der Waals surface area contributed by atoms with E-state index in [4.69, 9.17) is 14.2 Å². The van der Waals surface area contributed by atoms with Crippen molar-refractivity contribution in [2.75, 3.05) is 32.2 Å². The molecule has 4 rings (SSSR count). The molecular formula is C24H35N3O6. The van der Waals surface area contributed by atoms with Crippen molar-refractivity contribution in [2.24, 2.45) is 0 Å². The van der Waals surface area contributed by atoms with Gasteiger partial charge in [0.15, 0.2) is 0 Å². The fourth-order valence-corrected chi connectivity index (χ4v) is 5.03. The summed E-state index contributed by atoms with van der Waals surface area (Å²) in [5.74, 6) is 0.673. The number of ether oxygens (including phenoxy) is 3. The highest BCUT2D eigenvalue weighted by Gasteiger charge is 2.40. The number of carbonyl (C=O) groups is 2. The summed E-state index contributed by atoms with van der Waals surface area (Å²) >= 11 is 0. The standard InChI is InChI=1S/C24H35N3O6/c1-31-19-8-4-7-17(11-19)26-24(30)27-13-18(28)14-32-15-22-21(27)10-9-20(33-22)12-23(29)25-16-5-2-3-6-16/h4,7-8,11,16,18,20-22,28H,2-3,5-6,9-10,12-15H2,1H3,(H,25,29)(H,26,30)/t18-,20+,21+,22-/m1/s1. The molecule has 9 heteroatoms. The van der Waals surface area contributed by atoms with Gasteiger partial charge in [0.1, 0.15) is 11.9 Å². The van der Waals surface area contributed by atoms with Crippen molar-refractivity contribution >= 4 is 17.6 Å². The van der Waals surface area contributed by atoms with Crippen LogP contribution >= 0.6 is 0 Å². The van der Waals surface area contributed by atoms with Crippen LogP contribution in [0.25, 0.3) is 0 Å². The van der Waals surface area contributed by atoms with Gasteiger partial charge in [-0.25, -0.2) is 4.79 Å². The molecule has 4 atom stereocenters. The maximum atomic E-state index is 13.2. The van der Waals surface area contributed by atoms with Gasteiger partial charge in [-0.3, -0.25) is 4.79 Å². The lowest BCUT2D eigenvalue weighted by atomic mass is 9.95. The first-order chi connectivity index (χ1) is 16.0. The molecule has 3 amide bonds. The molecule has 2 saturated heterocycles. The summed E-state index contributed by atoms with van der Waals surface area (Å²) in [4.78, 5) is 27.3. The average molecular weight is 462 g/mol. The minimum absolute atomic E-state index is 0.0279. The molecular weight excluding hydrogens is 426 g/mol. The zero-order valence-electron chi connectivity index (χ0n) is 19.2. The number of amides is 3. The van der Waals surface area contributed by atoms with Crippen LogP contribution in [0.5, 0.6) is 5.75 Å². The average Bonchev–Trinajstić information content (AvgIpc) is 3.29. The Kier molecular flexibility index (Phi) is 8.06. The number of fused-ring (bicyclic) bond motifs is 1. The van der Waals surface area contributed by atoms with Crippen LogP contribution in [0.3, 0.4) is 0 Å². The van der Waals surface area contributed by atoms with Crippen molar-refractivity contribution in [2.45, 2.75) is 75.3 Å². The molecule has 0 spiro atoms. The van der Waals surface area contributed by atoms with Gasteiger partial charge in [-0.1, -0.05) is 18.9 Å². The highest BCUT2D eigenvalue weighted by Crippen LogP contribution is 2.29. The van der Waals surface area contributed by atoms with Crippen molar-refractivity contribution in [1.29, 1.82) is 0 Å². The highest BCUT2D eigenvalue weighted by atomic mass is 16.5. The molecule has 2 aliphatic heterocycles. The number of urea groups is 1. The lowest BCUT2D eigenvalue weighted by molar-refractivity contribution is -0.150. The van der Waals surface area contributed by atoms with Crippen molar-refractivity contribution in [3.8, 4) is 5.75 Å². The van der Waals surface area contributed by atoms with Crippen LogP contribution in [-0.4, -0.2) is 79.2 Å². The normalized spacial score (nSPS) is 28.4. The number of rotatable bonds is 5. The second kappa shape index (κ2) is 11.2. The van der Waals surface area contributed by atoms with E-state index in [1.165, 1.54) is 12.8 Å². The van der Waals surface area contributed by atoms with E-state index in [1.54, 1.807) is 36.3 Å². The molecule has 1 saturated carbocycles. The van der Waals surface area contributed by atoms with E-state index in [9.17, 15) is 14.7 Å².